The van der Waals surface area contributed by atoms with Crippen molar-refractivity contribution in [2.75, 3.05) is 5.32 Å². The number of alkyl halides is 3. The van der Waals surface area contributed by atoms with Crippen molar-refractivity contribution in [2.45, 2.75) is 12.7 Å². The van der Waals surface area contributed by atoms with Gasteiger partial charge in [-0.1, -0.05) is 0 Å². The van der Waals surface area contributed by atoms with E-state index in [4.69, 9.17) is 16.6 Å². The molecule has 0 aliphatic carbocycles. The van der Waals surface area contributed by atoms with Crippen LogP contribution in [0.4, 0.5) is 23.2 Å². The molecule has 0 fully saturated rings. The molecule has 0 unspecified atom stereocenters. The van der Waals surface area contributed by atoms with E-state index in [0.717, 1.165) is 6.07 Å². The van der Waals surface area contributed by atoms with Gasteiger partial charge in [-0.3, -0.25) is 0 Å². The average Bonchev–Trinajstić information content (AvgIpc) is 2.91. The lowest BCUT2D eigenvalue weighted by molar-refractivity contribution is -0.137. The van der Waals surface area contributed by atoms with Gasteiger partial charge in [-0.15, -0.1) is 0 Å². The molecule has 0 amide bonds. The maximum absolute atomic E-state index is 13.5. The van der Waals surface area contributed by atoms with Gasteiger partial charge in [0.1, 0.15) is 11.6 Å². The highest BCUT2D eigenvalue weighted by atomic mass is 32.1. The molecular weight excluding hydrogens is 308 g/mol. The second-order valence-electron chi connectivity index (χ2n) is 4.08. The number of hydrogen-bond donors (Lipinski definition) is 2. The van der Waals surface area contributed by atoms with E-state index in [2.05, 4.69) is 10.6 Å². The molecular formula is C13H10F4N2OS. The number of rotatable bonds is 3. The molecule has 1 heterocycles. The Labute approximate surface area is 122 Å². The van der Waals surface area contributed by atoms with Crippen molar-refractivity contribution in [3.63, 3.8) is 0 Å². The van der Waals surface area contributed by atoms with Gasteiger partial charge in [-0.25, -0.2) is 4.39 Å². The third-order valence-electron chi connectivity index (χ3n) is 2.55. The number of furan rings is 1. The van der Waals surface area contributed by atoms with Crippen molar-refractivity contribution in [3.05, 3.63) is 53.7 Å². The van der Waals surface area contributed by atoms with Crippen LogP contribution in [0.2, 0.25) is 0 Å². The minimum Gasteiger partial charge on any atom is -0.467 e. The van der Waals surface area contributed by atoms with E-state index < -0.39 is 17.6 Å². The van der Waals surface area contributed by atoms with Gasteiger partial charge >= 0.3 is 6.18 Å². The minimum absolute atomic E-state index is 0.00961. The number of benzene rings is 1. The van der Waals surface area contributed by atoms with E-state index >= 15 is 0 Å². The lowest BCUT2D eigenvalue weighted by Crippen LogP contribution is -2.28. The van der Waals surface area contributed by atoms with Gasteiger partial charge in [0.25, 0.3) is 0 Å². The minimum atomic E-state index is -4.55. The normalized spacial score (nSPS) is 11.2. The zero-order valence-corrected chi connectivity index (χ0v) is 11.3. The van der Waals surface area contributed by atoms with Crippen molar-refractivity contribution in [3.8, 4) is 0 Å². The highest BCUT2D eigenvalue weighted by molar-refractivity contribution is 7.80. The largest absolute Gasteiger partial charge is 0.467 e. The summed E-state index contributed by atoms with van der Waals surface area (Å²) in [5.41, 5.74) is -1.30. The van der Waals surface area contributed by atoms with E-state index in [1.807, 2.05) is 0 Å². The van der Waals surface area contributed by atoms with E-state index in [1.54, 1.807) is 12.1 Å². The summed E-state index contributed by atoms with van der Waals surface area (Å²) in [4.78, 5) is 0. The highest BCUT2D eigenvalue weighted by Gasteiger charge is 2.31. The molecule has 1 aromatic carbocycles. The van der Waals surface area contributed by atoms with Gasteiger partial charge in [-0.05, 0) is 42.5 Å². The number of halogens is 4. The Morgan fingerprint density at radius 1 is 1.24 bits per heavy atom. The first-order valence-corrected chi connectivity index (χ1v) is 6.21. The summed E-state index contributed by atoms with van der Waals surface area (Å²) in [7, 11) is 0. The standard InChI is InChI=1S/C13H10F4N2OS/c14-10-4-3-8(13(15,16)17)6-11(10)19-12(21)18-7-9-2-1-5-20-9/h1-6H,7H2,(H2,18,19,21). The predicted octanol–water partition coefficient (Wildman–Crippen LogP) is 3.92. The monoisotopic (exact) mass is 318 g/mol. The molecule has 0 saturated carbocycles. The molecule has 0 aliphatic heterocycles. The first kappa shape index (κ1) is 15.3. The molecule has 0 bridgehead atoms. The number of anilines is 1. The molecule has 8 heteroatoms. The summed E-state index contributed by atoms with van der Waals surface area (Å²) in [5.74, 6) is -0.242. The van der Waals surface area contributed by atoms with Gasteiger partial charge in [0.15, 0.2) is 5.11 Å². The molecule has 0 atom stereocenters. The van der Waals surface area contributed by atoms with Crippen molar-refractivity contribution < 1.29 is 22.0 Å². The zero-order chi connectivity index (χ0) is 15.5. The van der Waals surface area contributed by atoms with E-state index in [-0.39, 0.29) is 17.3 Å². The molecule has 0 spiro atoms. The Morgan fingerprint density at radius 2 is 2.00 bits per heavy atom. The number of thiocarbonyl (C=S) groups is 1. The molecule has 3 nitrogen and oxygen atoms in total. The summed E-state index contributed by atoms with van der Waals surface area (Å²) in [6.45, 7) is 0.236. The maximum Gasteiger partial charge on any atom is 0.416 e. The van der Waals surface area contributed by atoms with Crippen LogP contribution >= 0.6 is 12.2 Å². The Bertz CT molecular complexity index is 626. The maximum atomic E-state index is 13.5. The fourth-order valence-electron chi connectivity index (χ4n) is 1.54. The van der Waals surface area contributed by atoms with Crippen LogP contribution in [0.1, 0.15) is 11.3 Å². The van der Waals surface area contributed by atoms with Gasteiger partial charge in [-0.2, -0.15) is 13.2 Å². The van der Waals surface area contributed by atoms with Crippen LogP contribution in [-0.2, 0) is 12.7 Å². The first-order valence-electron chi connectivity index (χ1n) is 5.80. The summed E-state index contributed by atoms with van der Waals surface area (Å²) in [5, 5.41) is 5.08. The van der Waals surface area contributed by atoms with Crippen LogP contribution < -0.4 is 10.6 Å². The van der Waals surface area contributed by atoms with Crippen molar-refractivity contribution in [2.24, 2.45) is 0 Å². The molecule has 21 heavy (non-hydrogen) atoms. The summed E-state index contributed by atoms with van der Waals surface area (Å²) >= 11 is 4.89. The quantitative estimate of drug-likeness (QED) is 0.664. The SMILES string of the molecule is Fc1ccc(C(F)(F)F)cc1NC(=S)NCc1ccco1. The summed E-state index contributed by atoms with van der Waals surface area (Å²) in [6, 6.07) is 5.44. The van der Waals surface area contributed by atoms with Crippen LogP contribution in [0.25, 0.3) is 0 Å². The lowest BCUT2D eigenvalue weighted by atomic mass is 10.2. The second-order valence-corrected chi connectivity index (χ2v) is 4.49. The molecule has 112 valence electrons. The van der Waals surface area contributed by atoms with Crippen molar-refractivity contribution in [1.82, 2.24) is 5.32 Å². The molecule has 0 radical (unpaired) electrons. The van der Waals surface area contributed by atoms with Gasteiger partial charge in [0.05, 0.1) is 24.1 Å². The van der Waals surface area contributed by atoms with Gasteiger partial charge < -0.3 is 15.1 Å². The van der Waals surface area contributed by atoms with Crippen LogP contribution in [0.5, 0.6) is 0 Å². The van der Waals surface area contributed by atoms with Gasteiger partial charge in [0, 0.05) is 0 Å². The Hall–Kier alpha value is -2.09. The molecule has 1 aromatic heterocycles. The molecule has 2 N–H and O–H groups in total. The predicted molar refractivity (Wildman–Crippen MR) is 73.2 cm³/mol. The molecule has 0 aliphatic rings. The van der Waals surface area contributed by atoms with E-state index in [0.29, 0.717) is 17.9 Å². The van der Waals surface area contributed by atoms with Gasteiger partial charge in [0.2, 0.25) is 0 Å². The Kier molecular flexibility index (Phi) is 4.46. The highest BCUT2D eigenvalue weighted by Crippen LogP contribution is 2.31. The average molecular weight is 318 g/mol. The first-order chi connectivity index (χ1) is 9.86. The Morgan fingerprint density at radius 3 is 2.62 bits per heavy atom. The summed E-state index contributed by atoms with van der Waals surface area (Å²) in [6.07, 6.45) is -3.08. The van der Waals surface area contributed by atoms with Crippen molar-refractivity contribution >= 4 is 23.0 Å². The van der Waals surface area contributed by atoms with Crippen LogP contribution in [0, 0.1) is 5.82 Å². The third-order valence-corrected chi connectivity index (χ3v) is 2.79. The smallest absolute Gasteiger partial charge is 0.416 e. The second kappa shape index (κ2) is 6.13. The van der Waals surface area contributed by atoms with Crippen molar-refractivity contribution in [1.29, 1.82) is 0 Å². The molecule has 2 rings (SSSR count). The lowest BCUT2D eigenvalue weighted by Gasteiger charge is -2.13. The fraction of sp³-hybridized carbons (Fsp3) is 0.154. The molecule has 2 aromatic rings. The zero-order valence-electron chi connectivity index (χ0n) is 10.5. The van der Waals surface area contributed by atoms with Crippen LogP contribution in [-0.4, -0.2) is 5.11 Å². The van der Waals surface area contributed by atoms with E-state index in [1.165, 1.54) is 6.26 Å². The van der Waals surface area contributed by atoms with Crippen LogP contribution in [0.15, 0.2) is 41.0 Å². The van der Waals surface area contributed by atoms with E-state index in [9.17, 15) is 17.6 Å². The number of nitrogens with one attached hydrogen (secondary N) is 2. The molecule has 0 saturated heterocycles. The summed E-state index contributed by atoms with van der Waals surface area (Å²) < 4.78 is 56.2. The topological polar surface area (TPSA) is 37.2 Å². The number of hydrogen-bond acceptors (Lipinski definition) is 2. The Balaban J connectivity index is 2.03. The fourth-order valence-corrected chi connectivity index (χ4v) is 1.73. The third kappa shape index (κ3) is 4.19. The van der Waals surface area contributed by atoms with Crippen LogP contribution in [0.3, 0.4) is 0 Å².